The molecule has 2 rings (SSSR count). The molecule has 4 nitrogen and oxygen atoms in total. The molecule has 0 aliphatic heterocycles. The maximum atomic E-state index is 5.17. The summed E-state index contributed by atoms with van der Waals surface area (Å²) in [6.07, 6.45) is 5.60. The molecular formula is C12H15N3O. The monoisotopic (exact) mass is 217 g/mol. The van der Waals surface area contributed by atoms with Gasteiger partial charge in [-0.05, 0) is 25.1 Å². The molecule has 2 aromatic heterocycles. The van der Waals surface area contributed by atoms with Crippen LogP contribution in [0.25, 0.3) is 6.08 Å². The number of hydrogen-bond donors (Lipinski definition) is 1. The Morgan fingerprint density at radius 2 is 2.44 bits per heavy atom. The van der Waals surface area contributed by atoms with Gasteiger partial charge in [-0.2, -0.15) is 5.10 Å². The predicted molar refractivity (Wildman–Crippen MR) is 64.2 cm³/mol. The van der Waals surface area contributed by atoms with E-state index in [1.807, 2.05) is 49.0 Å². The van der Waals surface area contributed by atoms with Gasteiger partial charge in [-0.1, -0.05) is 6.08 Å². The van der Waals surface area contributed by atoms with E-state index in [1.165, 1.54) is 0 Å². The fourth-order valence-corrected chi connectivity index (χ4v) is 1.37. The van der Waals surface area contributed by atoms with E-state index in [2.05, 4.69) is 10.4 Å². The summed E-state index contributed by atoms with van der Waals surface area (Å²) < 4.78 is 7.02. The summed E-state index contributed by atoms with van der Waals surface area (Å²) in [7, 11) is 1.93. The van der Waals surface area contributed by atoms with Crippen LogP contribution >= 0.6 is 0 Å². The van der Waals surface area contributed by atoms with Crippen molar-refractivity contribution >= 4 is 11.9 Å². The van der Waals surface area contributed by atoms with Gasteiger partial charge in [-0.25, -0.2) is 0 Å². The van der Waals surface area contributed by atoms with Gasteiger partial charge >= 0.3 is 0 Å². The predicted octanol–water partition coefficient (Wildman–Crippen LogP) is 2.45. The number of rotatable bonds is 4. The lowest BCUT2D eigenvalue weighted by Gasteiger charge is -1.96. The second-order valence-corrected chi connectivity index (χ2v) is 3.59. The SMILES string of the molecule is Cc1cc(NC/C=C/c2ccco2)nn1C. The topological polar surface area (TPSA) is 43.0 Å². The van der Waals surface area contributed by atoms with Gasteiger partial charge in [-0.3, -0.25) is 4.68 Å². The Bertz CT molecular complexity index is 449. The van der Waals surface area contributed by atoms with Crippen LogP contribution in [-0.2, 0) is 7.05 Å². The summed E-state index contributed by atoms with van der Waals surface area (Å²) in [4.78, 5) is 0. The summed E-state index contributed by atoms with van der Waals surface area (Å²) in [6.45, 7) is 2.76. The summed E-state index contributed by atoms with van der Waals surface area (Å²) in [5.41, 5.74) is 1.14. The first-order chi connectivity index (χ1) is 7.75. The first kappa shape index (κ1) is 10.5. The Kier molecular flexibility index (Phi) is 3.10. The first-order valence-electron chi connectivity index (χ1n) is 5.20. The molecule has 0 amide bonds. The second kappa shape index (κ2) is 4.70. The van der Waals surface area contributed by atoms with Crippen molar-refractivity contribution < 1.29 is 4.42 Å². The lowest BCUT2D eigenvalue weighted by atomic mass is 10.4. The third kappa shape index (κ3) is 2.53. The molecule has 0 bridgehead atoms. The highest BCUT2D eigenvalue weighted by molar-refractivity contribution is 5.44. The van der Waals surface area contributed by atoms with E-state index >= 15 is 0 Å². The first-order valence-corrected chi connectivity index (χ1v) is 5.20. The highest BCUT2D eigenvalue weighted by atomic mass is 16.3. The minimum atomic E-state index is 0.733. The number of anilines is 1. The smallest absolute Gasteiger partial charge is 0.148 e. The third-order valence-electron chi connectivity index (χ3n) is 2.34. The van der Waals surface area contributed by atoms with Crippen molar-refractivity contribution in [3.05, 3.63) is 42.0 Å². The molecule has 0 spiro atoms. The standard InChI is InChI=1S/C12H15N3O/c1-10-9-12(14-15(10)2)13-7-3-5-11-6-4-8-16-11/h3-6,8-9H,7H2,1-2H3,(H,13,14)/b5-3+. The summed E-state index contributed by atoms with van der Waals surface area (Å²) in [5.74, 6) is 1.75. The normalized spacial score (nSPS) is 11.1. The zero-order chi connectivity index (χ0) is 11.4. The maximum Gasteiger partial charge on any atom is 0.148 e. The van der Waals surface area contributed by atoms with Crippen LogP contribution < -0.4 is 5.32 Å². The van der Waals surface area contributed by atoms with Crippen LogP contribution in [0.3, 0.4) is 0 Å². The van der Waals surface area contributed by atoms with E-state index in [-0.39, 0.29) is 0 Å². The minimum Gasteiger partial charge on any atom is -0.465 e. The van der Waals surface area contributed by atoms with Crippen LogP contribution in [0.2, 0.25) is 0 Å². The lowest BCUT2D eigenvalue weighted by molar-refractivity contribution is 0.557. The molecule has 2 aromatic rings. The number of aryl methyl sites for hydroxylation is 2. The van der Waals surface area contributed by atoms with Crippen LogP contribution in [0.15, 0.2) is 35.0 Å². The summed E-state index contributed by atoms with van der Waals surface area (Å²) in [5, 5.41) is 7.50. The van der Waals surface area contributed by atoms with Crippen molar-refractivity contribution in [2.24, 2.45) is 7.05 Å². The van der Waals surface area contributed by atoms with Crippen LogP contribution in [0.4, 0.5) is 5.82 Å². The van der Waals surface area contributed by atoms with Gasteiger partial charge in [-0.15, -0.1) is 0 Å². The molecule has 0 radical (unpaired) electrons. The van der Waals surface area contributed by atoms with Gasteiger partial charge < -0.3 is 9.73 Å². The van der Waals surface area contributed by atoms with E-state index in [0.29, 0.717) is 0 Å². The molecule has 0 aliphatic rings. The van der Waals surface area contributed by atoms with E-state index in [4.69, 9.17) is 4.42 Å². The Morgan fingerprint density at radius 1 is 1.56 bits per heavy atom. The lowest BCUT2D eigenvalue weighted by Crippen LogP contribution is -1.99. The molecule has 0 aliphatic carbocycles. The molecule has 0 saturated carbocycles. The van der Waals surface area contributed by atoms with E-state index in [9.17, 15) is 0 Å². The molecule has 16 heavy (non-hydrogen) atoms. The number of hydrogen-bond acceptors (Lipinski definition) is 3. The molecule has 2 heterocycles. The van der Waals surface area contributed by atoms with Crippen molar-refractivity contribution in [2.75, 3.05) is 11.9 Å². The Morgan fingerprint density at radius 3 is 3.06 bits per heavy atom. The van der Waals surface area contributed by atoms with Crippen LogP contribution in [0, 0.1) is 6.92 Å². The van der Waals surface area contributed by atoms with Crippen molar-refractivity contribution in [3.8, 4) is 0 Å². The van der Waals surface area contributed by atoms with E-state index in [0.717, 1.165) is 23.8 Å². The summed E-state index contributed by atoms with van der Waals surface area (Å²) in [6, 6.07) is 5.80. The van der Waals surface area contributed by atoms with Gasteiger partial charge in [0.1, 0.15) is 11.6 Å². The van der Waals surface area contributed by atoms with Crippen LogP contribution in [0.5, 0.6) is 0 Å². The van der Waals surface area contributed by atoms with E-state index < -0.39 is 0 Å². The number of nitrogens with zero attached hydrogens (tertiary/aromatic N) is 2. The highest BCUT2D eigenvalue weighted by Gasteiger charge is 1.97. The van der Waals surface area contributed by atoms with Crippen molar-refractivity contribution in [1.29, 1.82) is 0 Å². The van der Waals surface area contributed by atoms with Crippen molar-refractivity contribution in [2.45, 2.75) is 6.92 Å². The van der Waals surface area contributed by atoms with Gasteiger partial charge in [0.25, 0.3) is 0 Å². The average Bonchev–Trinajstić information content (AvgIpc) is 2.85. The maximum absolute atomic E-state index is 5.17. The van der Waals surface area contributed by atoms with E-state index in [1.54, 1.807) is 6.26 Å². The fourth-order valence-electron chi connectivity index (χ4n) is 1.37. The third-order valence-corrected chi connectivity index (χ3v) is 2.34. The van der Waals surface area contributed by atoms with Gasteiger partial charge in [0.05, 0.1) is 6.26 Å². The molecule has 0 fully saturated rings. The quantitative estimate of drug-likeness (QED) is 0.855. The number of furan rings is 1. The molecule has 0 atom stereocenters. The molecule has 0 unspecified atom stereocenters. The van der Waals surface area contributed by atoms with Gasteiger partial charge in [0.2, 0.25) is 0 Å². The largest absolute Gasteiger partial charge is 0.465 e. The highest BCUT2D eigenvalue weighted by Crippen LogP contribution is 2.06. The average molecular weight is 217 g/mol. The van der Waals surface area contributed by atoms with Gasteiger partial charge in [0, 0.05) is 25.4 Å². The van der Waals surface area contributed by atoms with Crippen molar-refractivity contribution in [3.63, 3.8) is 0 Å². The molecule has 84 valence electrons. The molecule has 4 heteroatoms. The fraction of sp³-hybridized carbons (Fsp3) is 0.250. The molecule has 0 saturated heterocycles. The minimum absolute atomic E-state index is 0.733. The van der Waals surface area contributed by atoms with Crippen LogP contribution in [-0.4, -0.2) is 16.3 Å². The van der Waals surface area contributed by atoms with Gasteiger partial charge in [0.15, 0.2) is 0 Å². The van der Waals surface area contributed by atoms with Crippen LogP contribution in [0.1, 0.15) is 11.5 Å². The number of aromatic nitrogens is 2. The zero-order valence-corrected chi connectivity index (χ0v) is 9.47. The number of nitrogens with one attached hydrogen (secondary N) is 1. The Labute approximate surface area is 94.6 Å². The zero-order valence-electron chi connectivity index (χ0n) is 9.47. The summed E-state index contributed by atoms with van der Waals surface area (Å²) >= 11 is 0. The Hall–Kier alpha value is -1.97. The second-order valence-electron chi connectivity index (χ2n) is 3.59. The molecule has 1 N–H and O–H groups in total. The Balaban J connectivity index is 1.84. The van der Waals surface area contributed by atoms with Crippen molar-refractivity contribution in [1.82, 2.24) is 9.78 Å². The molecular weight excluding hydrogens is 202 g/mol. The molecule has 0 aromatic carbocycles.